The first-order chi connectivity index (χ1) is 9.54. The molecule has 102 valence electrons. The lowest BCUT2D eigenvalue weighted by molar-refractivity contribution is -0.117. The molecule has 1 aromatic heterocycles. The Kier molecular flexibility index (Phi) is 4.47. The van der Waals surface area contributed by atoms with Gasteiger partial charge in [-0.05, 0) is 45.8 Å². The van der Waals surface area contributed by atoms with Gasteiger partial charge in [-0.15, -0.1) is 0 Å². The van der Waals surface area contributed by atoms with Crippen LogP contribution in [0.5, 0.6) is 0 Å². The maximum atomic E-state index is 11.9. The van der Waals surface area contributed by atoms with Crippen molar-refractivity contribution in [2.75, 3.05) is 5.32 Å². The number of nitrogens with two attached hydrogens (primary N) is 1. The Morgan fingerprint density at radius 2 is 1.85 bits per heavy atom. The van der Waals surface area contributed by atoms with Crippen LogP contribution in [0.1, 0.15) is 16.1 Å². The van der Waals surface area contributed by atoms with E-state index >= 15 is 0 Å². The molecular weight excluding hydrogens is 322 g/mol. The molecule has 0 atom stereocenters. The van der Waals surface area contributed by atoms with Gasteiger partial charge in [0, 0.05) is 16.4 Å². The lowest BCUT2D eigenvalue weighted by atomic mass is 10.1. The number of pyridine rings is 1. The molecule has 0 fully saturated rings. The number of aromatic nitrogens is 1. The Hall–Kier alpha value is -2.21. The van der Waals surface area contributed by atoms with Gasteiger partial charge in [-0.3, -0.25) is 9.59 Å². The van der Waals surface area contributed by atoms with Crippen LogP contribution in [0.15, 0.2) is 47.1 Å². The Morgan fingerprint density at radius 3 is 2.40 bits per heavy atom. The molecule has 3 N–H and O–H groups in total. The zero-order valence-electron chi connectivity index (χ0n) is 10.5. The second kappa shape index (κ2) is 6.29. The second-order valence-electron chi connectivity index (χ2n) is 4.16. The molecule has 2 amide bonds. The Balaban J connectivity index is 2.04. The minimum absolute atomic E-state index is 0.183. The van der Waals surface area contributed by atoms with E-state index in [0.717, 1.165) is 10.0 Å². The fourth-order valence-corrected chi connectivity index (χ4v) is 1.85. The predicted octanol–water partition coefficient (Wildman–Crippen LogP) is 2.12. The van der Waals surface area contributed by atoms with Gasteiger partial charge in [-0.2, -0.15) is 0 Å². The van der Waals surface area contributed by atoms with Gasteiger partial charge in [0.25, 0.3) is 5.91 Å². The van der Waals surface area contributed by atoms with Gasteiger partial charge in [-0.1, -0.05) is 12.1 Å². The number of anilines is 1. The number of carbonyl (C=O) groups excluding carboxylic acids is 2. The summed E-state index contributed by atoms with van der Waals surface area (Å²) in [5.41, 5.74) is 6.87. The molecule has 0 aliphatic carbocycles. The molecular formula is C14H12BrN3O2. The largest absolute Gasteiger partial charge is 0.369 e. The summed E-state index contributed by atoms with van der Waals surface area (Å²) in [5.74, 6) is -0.680. The Bertz CT molecular complexity index is 624. The molecule has 1 aromatic carbocycles. The molecule has 2 aromatic rings. The summed E-state index contributed by atoms with van der Waals surface area (Å²) in [4.78, 5) is 26.7. The van der Waals surface area contributed by atoms with E-state index in [1.54, 1.807) is 42.6 Å². The van der Waals surface area contributed by atoms with Gasteiger partial charge in [0.15, 0.2) is 0 Å². The van der Waals surface area contributed by atoms with Crippen LogP contribution in [0.2, 0.25) is 0 Å². The first kappa shape index (κ1) is 14.2. The molecule has 6 heteroatoms. The zero-order valence-corrected chi connectivity index (χ0v) is 12.1. The van der Waals surface area contributed by atoms with Gasteiger partial charge in [0.05, 0.1) is 6.42 Å². The number of nitrogens with zero attached hydrogens (tertiary/aromatic N) is 1. The summed E-state index contributed by atoms with van der Waals surface area (Å²) in [7, 11) is 0. The molecule has 0 aliphatic rings. The highest BCUT2D eigenvalue weighted by Gasteiger charge is 2.07. The number of rotatable bonds is 4. The molecule has 20 heavy (non-hydrogen) atoms. The van der Waals surface area contributed by atoms with Gasteiger partial charge in [0.2, 0.25) is 5.91 Å². The summed E-state index contributed by atoms with van der Waals surface area (Å²) < 4.78 is 0.810. The highest BCUT2D eigenvalue weighted by atomic mass is 79.9. The summed E-state index contributed by atoms with van der Waals surface area (Å²) in [6.07, 6.45) is 1.74. The third kappa shape index (κ3) is 3.89. The Labute approximate surface area is 124 Å². The van der Waals surface area contributed by atoms with E-state index in [2.05, 4.69) is 26.2 Å². The van der Waals surface area contributed by atoms with Crippen molar-refractivity contribution in [3.63, 3.8) is 0 Å². The molecule has 0 radical (unpaired) electrons. The molecule has 2 rings (SSSR count). The number of hydrogen-bond donors (Lipinski definition) is 2. The molecule has 0 unspecified atom stereocenters. The van der Waals surface area contributed by atoms with Crippen molar-refractivity contribution < 1.29 is 9.59 Å². The van der Waals surface area contributed by atoms with E-state index in [-0.39, 0.29) is 18.2 Å². The maximum absolute atomic E-state index is 11.9. The van der Waals surface area contributed by atoms with Crippen molar-refractivity contribution in [1.82, 2.24) is 4.98 Å². The first-order valence-electron chi connectivity index (χ1n) is 5.85. The van der Waals surface area contributed by atoms with Crippen molar-refractivity contribution in [1.29, 1.82) is 0 Å². The highest BCUT2D eigenvalue weighted by Crippen LogP contribution is 2.12. The van der Waals surface area contributed by atoms with E-state index in [9.17, 15) is 9.59 Å². The number of hydrogen-bond acceptors (Lipinski definition) is 3. The topological polar surface area (TPSA) is 85.1 Å². The second-order valence-corrected chi connectivity index (χ2v) is 5.07. The third-order valence-electron chi connectivity index (χ3n) is 2.55. The fourth-order valence-electron chi connectivity index (χ4n) is 1.61. The standard InChI is InChI=1S/C14H12BrN3O2/c15-10-3-6-12(17-8-10)14(20)18-11-4-1-9(2-5-11)7-13(16)19/h1-6,8H,7H2,(H2,16,19)(H,18,20). The van der Waals surface area contributed by atoms with Crippen molar-refractivity contribution in [2.45, 2.75) is 6.42 Å². The highest BCUT2D eigenvalue weighted by molar-refractivity contribution is 9.10. The average molecular weight is 334 g/mol. The number of carbonyl (C=O) groups is 2. The molecule has 0 saturated heterocycles. The van der Waals surface area contributed by atoms with E-state index < -0.39 is 0 Å². The van der Waals surface area contributed by atoms with E-state index in [1.165, 1.54) is 0 Å². The average Bonchev–Trinajstić information content (AvgIpc) is 2.41. The van der Waals surface area contributed by atoms with Crippen molar-refractivity contribution >= 4 is 33.4 Å². The number of amides is 2. The van der Waals surface area contributed by atoms with Gasteiger partial charge in [0.1, 0.15) is 5.69 Å². The molecule has 0 saturated carbocycles. The minimum Gasteiger partial charge on any atom is -0.369 e. The molecule has 0 aliphatic heterocycles. The Morgan fingerprint density at radius 1 is 1.15 bits per heavy atom. The van der Waals surface area contributed by atoms with Crippen molar-refractivity contribution in [2.24, 2.45) is 5.73 Å². The monoisotopic (exact) mass is 333 g/mol. The smallest absolute Gasteiger partial charge is 0.274 e. The van der Waals surface area contributed by atoms with Gasteiger partial charge < -0.3 is 11.1 Å². The summed E-state index contributed by atoms with van der Waals surface area (Å²) in [6.45, 7) is 0. The van der Waals surface area contributed by atoms with Crippen LogP contribution in [0, 0.1) is 0 Å². The van der Waals surface area contributed by atoms with Crippen molar-refractivity contribution in [3.8, 4) is 0 Å². The first-order valence-corrected chi connectivity index (χ1v) is 6.64. The molecule has 0 bridgehead atoms. The number of benzene rings is 1. The van der Waals surface area contributed by atoms with Crippen LogP contribution in [-0.4, -0.2) is 16.8 Å². The zero-order chi connectivity index (χ0) is 14.5. The van der Waals surface area contributed by atoms with Crippen molar-refractivity contribution in [3.05, 3.63) is 58.3 Å². The number of primary amides is 1. The van der Waals surface area contributed by atoms with Crippen LogP contribution in [-0.2, 0) is 11.2 Å². The minimum atomic E-state index is -0.388. The molecule has 0 spiro atoms. The fraction of sp³-hybridized carbons (Fsp3) is 0.0714. The van der Waals surface area contributed by atoms with Crippen LogP contribution in [0.3, 0.4) is 0 Å². The van der Waals surface area contributed by atoms with Gasteiger partial charge in [-0.25, -0.2) is 4.98 Å². The van der Waals surface area contributed by atoms with Crippen LogP contribution >= 0.6 is 15.9 Å². The predicted molar refractivity (Wildman–Crippen MR) is 79.2 cm³/mol. The van der Waals surface area contributed by atoms with E-state index in [4.69, 9.17) is 5.73 Å². The quantitative estimate of drug-likeness (QED) is 0.898. The van der Waals surface area contributed by atoms with Crippen LogP contribution in [0.25, 0.3) is 0 Å². The lowest BCUT2D eigenvalue weighted by Crippen LogP contribution is -2.14. The van der Waals surface area contributed by atoms with E-state index in [0.29, 0.717) is 11.4 Å². The molecule has 1 heterocycles. The van der Waals surface area contributed by atoms with E-state index in [1.807, 2.05) is 0 Å². The number of halogens is 1. The SMILES string of the molecule is NC(=O)Cc1ccc(NC(=O)c2ccc(Br)cn2)cc1. The summed E-state index contributed by atoms with van der Waals surface area (Å²) >= 11 is 3.26. The maximum Gasteiger partial charge on any atom is 0.274 e. The normalized spacial score (nSPS) is 10.1. The van der Waals surface area contributed by atoms with Crippen LogP contribution < -0.4 is 11.1 Å². The molecule has 5 nitrogen and oxygen atoms in total. The van der Waals surface area contributed by atoms with Gasteiger partial charge >= 0.3 is 0 Å². The summed E-state index contributed by atoms with van der Waals surface area (Å²) in [5, 5.41) is 2.73. The number of nitrogens with one attached hydrogen (secondary N) is 1. The van der Waals surface area contributed by atoms with Crippen LogP contribution in [0.4, 0.5) is 5.69 Å². The third-order valence-corrected chi connectivity index (χ3v) is 3.02. The summed E-state index contributed by atoms with van der Waals surface area (Å²) in [6, 6.07) is 10.3. The lowest BCUT2D eigenvalue weighted by Gasteiger charge is -2.05.